The van der Waals surface area contributed by atoms with Crippen molar-refractivity contribution >= 4 is 5.91 Å². The highest BCUT2D eigenvalue weighted by Crippen LogP contribution is 2.11. The smallest absolute Gasteiger partial charge is 0.249 e. The molecule has 1 heterocycles. The molecule has 1 aliphatic rings. The Kier molecular flexibility index (Phi) is 1.29. The quantitative estimate of drug-likeness (QED) is 0.428. The predicted molar refractivity (Wildman–Crippen MR) is 32.8 cm³/mol. The number of nitrogens with one attached hydrogen (secondary N) is 1. The SMILES string of the molecule is C=C1C(=O)NC(C)C1O. The van der Waals surface area contributed by atoms with Crippen LogP contribution in [0, 0.1) is 0 Å². The second kappa shape index (κ2) is 1.84. The van der Waals surface area contributed by atoms with Gasteiger partial charge in [-0.05, 0) is 6.92 Å². The van der Waals surface area contributed by atoms with E-state index in [0.717, 1.165) is 0 Å². The maximum atomic E-state index is 10.6. The Morgan fingerprint density at radius 3 is 2.44 bits per heavy atom. The van der Waals surface area contributed by atoms with Crippen LogP contribution >= 0.6 is 0 Å². The minimum absolute atomic E-state index is 0.176. The van der Waals surface area contributed by atoms with Crippen molar-refractivity contribution in [1.29, 1.82) is 0 Å². The number of amides is 1. The highest BCUT2D eigenvalue weighted by Gasteiger charge is 2.30. The van der Waals surface area contributed by atoms with Crippen LogP contribution in [0.3, 0.4) is 0 Å². The van der Waals surface area contributed by atoms with Crippen LogP contribution in [0.15, 0.2) is 12.2 Å². The maximum absolute atomic E-state index is 10.6. The summed E-state index contributed by atoms with van der Waals surface area (Å²) in [5.74, 6) is -0.241. The van der Waals surface area contributed by atoms with E-state index in [1.165, 1.54) is 0 Å². The highest BCUT2D eigenvalue weighted by molar-refractivity contribution is 5.96. The molecule has 0 spiro atoms. The summed E-state index contributed by atoms with van der Waals surface area (Å²) in [5.41, 5.74) is 0.266. The molecule has 0 aromatic heterocycles. The first-order valence-electron chi connectivity index (χ1n) is 2.80. The third-order valence-corrected chi connectivity index (χ3v) is 1.48. The minimum Gasteiger partial charge on any atom is -0.386 e. The van der Waals surface area contributed by atoms with Crippen molar-refractivity contribution in [3.63, 3.8) is 0 Å². The van der Waals surface area contributed by atoms with Crippen LogP contribution in [0.2, 0.25) is 0 Å². The number of aliphatic hydroxyl groups excluding tert-OH is 1. The molecule has 3 heteroatoms. The fourth-order valence-electron chi connectivity index (χ4n) is 0.815. The minimum atomic E-state index is -0.697. The van der Waals surface area contributed by atoms with Gasteiger partial charge in [0, 0.05) is 5.57 Å². The topological polar surface area (TPSA) is 49.3 Å². The van der Waals surface area contributed by atoms with E-state index in [0.29, 0.717) is 0 Å². The van der Waals surface area contributed by atoms with E-state index in [-0.39, 0.29) is 17.5 Å². The zero-order chi connectivity index (χ0) is 7.02. The van der Waals surface area contributed by atoms with Gasteiger partial charge in [0.15, 0.2) is 0 Å². The van der Waals surface area contributed by atoms with Crippen molar-refractivity contribution in [3.8, 4) is 0 Å². The molecule has 2 atom stereocenters. The van der Waals surface area contributed by atoms with Gasteiger partial charge in [-0.1, -0.05) is 6.58 Å². The molecule has 0 bridgehead atoms. The molecule has 1 amide bonds. The van der Waals surface area contributed by atoms with Gasteiger partial charge in [0.1, 0.15) is 6.10 Å². The first-order valence-corrected chi connectivity index (χ1v) is 2.80. The molecule has 9 heavy (non-hydrogen) atoms. The average molecular weight is 127 g/mol. The van der Waals surface area contributed by atoms with Crippen LogP contribution in [0.1, 0.15) is 6.92 Å². The largest absolute Gasteiger partial charge is 0.386 e. The zero-order valence-corrected chi connectivity index (χ0v) is 5.22. The van der Waals surface area contributed by atoms with E-state index in [9.17, 15) is 4.79 Å². The van der Waals surface area contributed by atoms with Gasteiger partial charge < -0.3 is 10.4 Å². The number of aliphatic hydroxyl groups is 1. The number of carbonyl (C=O) groups is 1. The molecule has 0 aromatic carbocycles. The molecule has 2 N–H and O–H groups in total. The van der Waals surface area contributed by atoms with E-state index in [1.807, 2.05) is 0 Å². The second-order valence-electron chi connectivity index (χ2n) is 2.23. The highest BCUT2D eigenvalue weighted by atomic mass is 16.3. The van der Waals surface area contributed by atoms with Crippen molar-refractivity contribution in [2.45, 2.75) is 19.1 Å². The number of carbonyl (C=O) groups excluding carboxylic acids is 1. The summed E-state index contributed by atoms with van der Waals surface area (Å²) >= 11 is 0. The molecule has 50 valence electrons. The summed E-state index contributed by atoms with van der Waals surface area (Å²) in [5, 5.41) is 11.6. The Morgan fingerprint density at radius 1 is 1.78 bits per heavy atom. The molecule has 0 aliphatic carbocycles. The lowest BCUT2D eigenvalue weighted by molar-refractivity contribution is -0.116. The van der Waals surface area contributed by atoms with Crippen LogP contribution in [-0.2, 0) is 4.79 Å². The van der Waals surface area contributed by atoms with E-state index in [4.69, 9.17) is 5.11 Å². The molecular formula is C6H9NO2. The van der Waals surface area contributed by atoms with Gasteiger partial charge >= 0.3 is 0 Å². The molecule has 1 rings (SSSR count). The standard InChI is InChI=1S/C6H9NO2/c1-3-5(8)4(2)7-6(3)9/h4-5,8H,1H2,2H3,(H,7,9). The van der Waals surface area contributed by atoms with Gasteiger partial charge in [0.25, 0.3) is 0 Å². The van der Waals surface area contributed by atoms with Crippen molar-refractivity contribution < 1.29 is 9.90 Å². The Hall–Kier alpha value is -0.830. The molecular weight excluding hydrogens is 118 g/mol. The lowest BCUT2D eigenvalue weighted by atomic mass is 10.1. The normalized spacial score (nSPS) is 34.9. The van der Waals surface area contributed by atoms with E-state index in [1.54, 1.807) is 6.92 Å². The Bertz CT molecular complexity index is 164. The average Bonchev–Trinajstić information content (AvgIpc) is 1.98. The Labute approximate surface area is 53.4 Å². The van der Waals surface area contributed by atoms with Crippen molar-refractivity contribution in [3.05, 3.63) is 12.2 Å². The lowest BCUT2D eigenvalue weighted by Gasteiger charge is -2.04. The first kappa shape index (κ1) is 6.29. The number of hydrogen-bond acceptors (Lipinski definition) is 2. The van der Waals surface area contributed by atoms with Crippen LogP contribution < -0.4 is 5.32 Å². The molecule has 0 saturated carbocycles. The van der Waals surface area contributed by atoms with Crippen LogP contribution in [0.5, 0.6) is 0 Å². The maximum Gasteiger partial charge on any atom is 0.249 e. The molecule has 3 nitrogen and oxygen atoms in total. The van der Waals surface area contributed by atoms with Gasteiger partial charge in [0.05, 0.1) is 6.04 Å². The van der Waals surface area contributed by atoms with E-state index < -0.39 is 6.10 Å². The summed E-state index contributed by atoms with van der Waals surface area (Å²) in [6.45, 7) is 5.14. The summed E-state index contributed by atoms with van der Waals surface area (Å²) in [6, 6.07) is -0.176. The summed E-state index contributed by atoms with van der Waals surface area (Å²) in [6.07, 6.45) is -0.697. The van der Waals surface area contributed by atoms with Crippen molar-refractivity contribution in [2.24, 2.45) is 0 Å². The fourth-order valence-corrected chi connectivity index (χ4v) is 0.815. The first-order chi connectivity index (χ1) is 4.13. The summed E-state index contributed by atoms with van der Waals surface area (Å²) < 4.78 is 0. The second-order valence-corrected chi connectivity index (χ2v) is 2.23. The third-order valence-electron chi connectivity index (χ3n) is 1.48. The molecule has 1 saturated heterocycles. The third kappa shape index (κ3) is 0.833. The van der Waals surface area contributed by atoms with E-state index in [2.05, 4.69) is 11.9 Å². The Morgan fingerprint density at radius 2 is 2.33 bits per heavy atom. The number of rotatable bonds is 0. The van der Waals surface area contributed by atoms with Crippen molar-refractivity contribution in [2.75, 3.05) is 0 Å². The lowest BCUT2D eigenvalue weighted by Crippen LogP contribution is -2.27. The van der Waals surface area contributed by atoms with Gasteiger partial charge in [-0.3, -0.25) is 4.79 Å². The molecule has 1 fully saturated rings. The zero-order valence-electron chi connectivity index (χ0n) is 5.22. The van der Waals surface area contributed by atoms with Gasteiger partial charge in [0.2, 0.25) is 5.91 Å². The number of hydrogen-bond donors (Lipinski definition) is 2. The van der Waals surface area contributed by atoms with Crippen molar-refractivity contribution in [1.82, 2.24) is 5.32 Å². The molecule has 0 aromatic rings. The summed E-state index contributed by atoms with van der Waals surface area (Å²) in [7, 11) is 0. The van der Waals surface area contributed by atoms with Gasteiger partial charge in [-0.15, -0.1) is 0 Å². The molecule has 0 radical (unpaired) electrons. The van der Waals surface area contributed by atoms with Gasteiger partial charge in [-0.2, -0.15) is 0 Å². The fraction of sp³-hybridized carbons (Fsp3) is 0.500. The predicted octanol–water partition coefficient (Wildman–Crippen LogP) is -0.578. The van der Waals surface area contributed by atoms with Crippen LogP contribution in [0.4, 0.5) is 0 Å². The van der Waals surface area contributed by atoms with E-state index >= 15 is 0 Å². The van der Waals surface area contributed by atoms with Gasteiger partial charge in [-0.25, -0.2) is 0 Å². The summed E-state index contributed by atoms with van der Waals surface area (Å²) in [4.78, 5) is 10.6. The molecule has 1 aliphatic heterocycles. The van der Waals surface area contributed by atoms with Crippen LogP contribution in [0.25, 0.3) is 0 Å². The molecule has 2 unspecified atom stereocenters. The van der Waals surface area contributed by atoms with Crippen LogP contribution in [-0.4, -0.2) is 23.2 Å². The monoisotopic (exact) mass is 127 g/mol. The Balaban J connectivity index is 2.77.